The molecule has 0 spiro atoms. The molecule has 0 amide bonds. The van der Waals surface area contributed by atoms with Crippen LogP contribution in [0.1, 0.15) is 0 Å². The molecule has 0 saturated carbocycles. The van der Waals surface area contributed by atoms with Crippen LogP contribution in [0.3, 0.4) is 0 Å². The second-order valence-electron chi connectivity index (χ2n) is 2.00. The molecule has 1 rings (SSSR count). The molecule has 0 bridgehead atoms. The zero-order valence-corrected chi connectivity index (χ0v) is 9.21. The van der Waals surface area contributed by atoms with Gasteiger partial charge in [0, 0.05) is 12.1 Å². The van der Waals surface area contributed by atoms with Crippen LogP contribution in [-0.4, -0.2) is 9.85 Å². The summed E-state index contributed by atoms with van der Waals surface area (Å²) in [7, 11) is 0. The van der Waals surface area contributed by atoms with E-state index in [1.165, 1.54) is 12.1 Å². The van der Waals surface area contributed by atoms with Gasteiger partial charge in [-0.1, -0.05) is 12.1 Å². The zero-order valence-electron chi connectivity index (χ0n) is 7.21. The molecule has 0 N–H and O–H groups in total. The van der Waals surface area contributed by atoms with Crippen molar-refractivity contribution in [1.82, 2.24) is 0 Å². The van der Waals surface area contributed by atoms with Crippen molar-refractivity contribution in [2.75, 3.05) is 0 Å². The van der Waals surface area contributed by atoms with E-state index in [2.05, 4.69) is 0 Å². The summed E-state index contributed by atoms with van der Waals surface area (Å²) in [5.74, 6) is 0. The molecule has 1 aromatic rings. The summed E-state index contributed by atoms with van der Waals surface area (Å²) in [4.78, 5) is 18.9. The summed E-state index contributed by atoms with van der Waals surface area (Å²) in [5, 5.41) is 20.5. The summed E-state index contributed by atoms with van der Waals surface area (Å²) >= 11 is 0. The number of rotatable bonds is 2. The molecule has 70 valence electrons. The normalized spacial score (nSPS) is 8.00. The fraction of sp³-hybridized carbons (Fsp3) is 0. The number of hydrogen-bond acceptors (Lipinski definition) is 4. The molecule has 0 aliphatic carbocycles. The molecule has 0 radical (unpaired) electrons. The number of para-hydroxylation sites is 2. The summed E-state index contributed by atoms with van der Waals surface area (Å²) < 4.78 is 0. The predicted octanol–water partition coefficient (Wildman–Crippen LogP) is -4.49. The smallest absolute Gasteiger partial charge is 1.00 e. The molecule has 14 heavy (non-hydrogen) atoms. The number of halogens is 1. The Kier molecular flexibility index (Phi) is 7.06. The van der Waals surface area contributed by atoms with Crippen LogP contribution < -0.4 is 34.3 Å². The summed E-state index contributed by atoms with van der Waals surface area (Å²) in [6.45, 7) is 0. The third-order valence-corrected chi connectivity index (χ3v) is 1.28. The molecule has 0 aliphatic rings. The second kappa shape index (κ2) is 6.41. The van der Waals surface area contributed by atoms with Crippen LogP contribution in [0.4, 0.5) is 11.4 Å². The van der Waals surface area contributed by atoms with Crippen molar-refractivity contribution in [3.63, 3.8) is 0 Å². The minimum absolute atomic E-state index is 0. The molecule has 6 nitrogen and oxygen atoms in total. The number of nitro groups is 2. The Balaban J connectivity index is 0. The van der Waals surface area contributed by atoms with Crippen LogP contribution in [0.15, 0.2) is 24.3 Å². The first-order chi connectivity index (χ1) is 5.63. The van der Waals surface area contributed by atoms with E-state index in [0.717, 1.165) is 12.1 Å². The van der Waals surface area contributed by atoms with Crippen molar-refractivity contribution in [3.8, 4) is 0 Å². The third kappa shape index (κ3) is 3.36. The van der Waals surface area contributed by atoms with E-state index in [-0.39, 0.29) is 34.3 Å². The van der Waals surface area contributed by atoms with Crippen molar-refractivity contribution >= 4 is 11.4 Å². The largest absolute Gasteiger partial charge is 1.00 e. The van der Waals surface area contributed by atoms with Crippen LogP contribution in [0.25, 0.3) is 0 Å². The van der Waals surface area contributed by atoms with Crippen molar-refractivity contribution in [3.05, 3.63) is 44.5 Å². The Morgan fingerprint density at radius 3 is 1.43 bits per heavy atom. The van der Waals surface area contributed by atoms with Gasteiger partial charge in [-0.25, -0.2) is 0 Å². The number of nitrogens with zero attached hydrogens (tertiary/aromatic N) is 2. The van der Waals surface area contributed by atoms with Crippen LogP contribution in [-0.2, 0) is 0 Å². The average molecular weight is 210 g/mol. The van der Waals surface area contributed by atoms with Crippen molar-refractivity contribution in [2.45, 2.75) is 0 Å². The molecule has 0 atom stereocenters. The van der Waals surface area contributed by atoms with E-state index < -0.39 is 21.2 Å². The Morgan fingerprint density at radius 2 is 1.21 bits per heavy atom. The Hall–Kier alpha value is -1.05. The Bertz CT molecular complexity index is 313. The van der Waals surface area contributed by atoms with Gasteiger partial charge in [-0.15, -0.1) is 0 Å². The van der Waals surface area contributed by atoms with E-state index in [4.69, 9.17) is 0 Å². The van der Waals surface area contributed by atoms with Gasteiger partial charge >= 0.3 is 40.9 Å². The minimum atomic E-state index is -0.780. The van der Waals surface area contributed by atoms with Gasteiger partial charge in [0.1, 0.15) is 0 Å². The van der Waals surface area contributed by atoms with Gasteiger partial charge in [-0.3, -0.25) is 20.2 Å². The summed E-state index contributed by atoms with van der Waals surface area (Å²) in [6.07, 6.45) is 0. The first-order valence-electron chi connectivity index (χ1n) is 3.00. The van der Waals surface area contributed by atoms with E-state index in [9.17, 15) is 20.2 Å². The summed E-state index contributed by atoms with van der Waals surface area (Å²) in [5.41, 5.74) is -0.968. The fourth-order valence-electron chi connectivity index (χ4n) is 0.773. The van der Waals surface area contributed by atoms with Gasteiger partial charge in [0.15, 0.2) is 0 Å². The molecule has 8 heteroatoms. The van der Waals surface area contributed by atoms with E-state index in [0.29, 0.717) is 0 Å². The minimum Gasteiger partial charge on any atom is -1.00 e. The first-order valence-corrected chi connectivity index (χ1v) is 3.00. The molecule has 0 heterocycles. The van der Waals surface area contributed by atoms with Crippen molar-refractivity contribution in [2.24, 2.45) is 0 Å². The quantitative estimate of drug-likeness (QED) is 0.280. The third-order valence-electron chi connectivity index (χ3n) is 1.28. The molecule has 0 aliphatic heterocycles. The molecular weight excluding hydrogens is 206 g/mol. The maximum atomic E-state index is 10.2. The predicted molar refractivity (Wildman–Crippen MR) is 39.8 cm³/mol. The number of nitro benzene ring substituents is 2. The standard InChI is InChI=1S/C6H4N2O4.FH.Na/c9-7(10)5-3-1-2-4-6(5)8(11)12;;/h1-4H;1H;/q;;+1/p-1. The van der Waals surface area contributed by atoms with Crippen LogP contribution >= 0.6 is 0 Å². The van der Waals surface area contributed by atoms with Gasteiger partial charge in [0.2, 0.25) is 0 Å². The van der Waals surface area contributed by atoms with Crippen LogP contribution in [0.2, 0.25) is 0 Å². The SMILES string of the molecule is O=[N+]([O-])c1ccccc1[N+](=O)[O-].[F-].[Na+]. The van der Waals surface area contributed by atoms with Gasteiger partial charge in [-0.2, -0.15) is 0 Å². The molecular formula is C6H4FN2NaO4. The fourth-order valence-corrected chi connectivity index (χ4v) is 0.773. The van der Waals surface area contributed by atoms with E-state index in [1.54, 1.807) is 0 Å². The first kappa shape index (κ1) is 15.4. The Morgan fingerprint density at radius 1 is 0.929 bits per heavy atom. The van der Waals surface area contributed by atoms with Crippen LogP contribution in [0.5, 0.6) is 0 Å². The Labute approximate surface area is 99.9 Å². The monoisotopic (exact) mass is 210 g/mol. The van der Waals surface area contributed by atoms with Gasteiger partial charge in [0.05, 0.1) is 9.85 Å². The van der Waals surface area contributed by atoms with Gasteiger partial charge < -0.3 is 4.70 Å². The molecule has 0 unspecified atom stereocenters. The maximum absolute atomic E-state index is 10.2. The molecule has 0 aromatic heterocycles. The molecule has 0 fully saturated rings. The average Bonchev–Trinajstić information content (AvgIpc) is 2.04. The second-order valence-corrected chi connectivity index (χ2v) is 2.00. The maximum Gasteiger partial charge on any atom is 1.00 e. The summed E-state index contributed by atoms with van der Waals surface area (Å²) in [6, 6.07) is 4.95. The van der Waals surface area contributed by atoms with Gasteiger partial charge in [-0.05, 0) is 0 Å². The van der Waals surface area contributed by atoms with Crippen LogP contribution in [0, 0.1) is 20.2 Å². The number of benzene rings is 1. The topological polar surface area (TPSA) is 86.3 Å². The molecule has 1 aromatic carbocycles. The van der Waals surface area contributed by atoms with Gasteiger partial charge in [0.25, 0.3) is 0 Å². The molecule has 0 saturated heterocycles. The number of hydrogen-bond donors (Lipinski definition) is 0. The van der Waals surface area contributed by atoms with E-state index >= 15 is 0 Å². The zero-order chi connectivity index (χ0) is 9.14. The van der Waals surface area contributed by atoms with Crippen molar-refractivity contribution < 1.29 is 44.1 Å². The van der Waals surface area contributed by atoms with E-state index in [1.807, 2.05) is 0 Å². The van der Waals surface area contributed by atoms with Crippen molar-refractivity contribution in [1.29, 1.82) is 0 Å².